The minimum Gasteiger partial charge on any atom is -0.481 e. The van der Waals surface area contributed by atoms with E-state index in [-0.39, 0.29) is 24.4 Å². The number of ether oxygens (including phenoxy) is 1. The van der Waals surface area contributed by atoms with Gasteiger partial charge in [-0.05, 0) is 44.9 Å². The number of rotatable bonds is 17. The summed E-state index contributed by atoms with van der Waals surface area (Å²) >= 11 is 0. The molecule has 29 heavy (non-hydrogen) atoms. The van der Waals surface area contributed by atoms with E-state index in [1.165, 1.54) is 25.7 Å². The maximum Gasteiger partial charge on any atom is 0.303 e. The van der Waals surface area contributed by atoms with E-state index in [0.717, 1.165) is 44.9 Å². The van der Waals surface area contributed by atoms with Gasteiger partial charge in [0, 0.05) is 25.9 Å². The van der Waals surface area contributed by atoms with E-state index in [1.807, 2.05) is 6.92 Å². The molecule has 1 saturated carbocycles. The van der Waals surface area contributed by atoms with Crippen LogP contribution in [0.15, 0.2) is 0 Å². The van der Waals surface area contributed by atoms with E-state index in [9.17, 15) is 14.7 Å². The van der Waals surface area contributed by atoms with Crippen LogP contribution in [-0.2, 0) is 14.3 Å². The predicted octanol–water partition coefficient (Wildman–Crippen LogP) is 5.52. The largest absolute Gasteiger partial charge is 0.481 e. The number of carboxylic acid groups (broad SMARTS) is 1. The standard InChI is InChI=1S/C24H44O5/c1-4-5-6-9-12-16-24(2,28)17-15-20-19(21(25)18-22(20)29-3)13-10-7-8-11-14-23(26)27/h19-20,22,28H,4-18H2,1-3H3,(H,26,27)/t19-,20-,22-,24?/m1/s1. The van der Waals surface area contributed by atoms with Gasteiger partial charge >= 0.3 is 5.97 Å². The van der Waals surface area contributed by atoms with Gasteiger partial charge in [-0.15, -0.1) is 0 Å². The van der Waals surface area contributed by atoms with Crippen LogP contribution in [0.1, 0.15) is 110 Å². The Hall–Kier alpha value is -0.940. The minimum atomic E-state index is -0.739. The highest BCUT2D eigenvalue weighted by atomic mass is 16.5. The molecule has 1 aliphatic rings. The molecule has 0 saturated heterocycles. The Morgan fingerprint density at radius 2 is 1.69 bits per heavy atom. The van der Waals surface area contributed by atoms with Crippen LogP contribution in [0.4, 0.5) is 0 Å². The molecule has 0 bridgehead atoms. The number of carbonyl (C=O) groups excluding carboxylic acids is 1. The third-order valence-electron chi connectivity index (χ3n) is 6.60. The summed E-state index contributed by atoms with van der Waals surface area (Å²) in [5.74, 6) is -0.221. The number of methoxy groups -OCH3 is 1. The molecule has 1 fully saturated rings. The molecule has 170 valence electrons. The van der Waals surface area contributed by atoms with Gasteiger partial charge in [0.15, 0.2) is 0 Å². The third-order valence-corrected chi connectivity index (χ3v) is 6.60. The summed E-state index contributed by atoms with van der Waals surface area (Å²) in [7, 11) is 1.69. The Morgan fingerprint density at radius 3 is 2.34 bits per heavy atom. The van der Waals surface area contributed by atoms with Crippen LogP contribution >= 0.6 is 0 Å². The first-order valence-corrected chi connectivity index (χ1v) is 11.8. The lowest BCUT2D eigenvalue weighted by atomic mass is 9.82. The lowest BCUT2D eigenvalue weighted by molar-refractivity contribution is -0.137. The Kier molecular flexibility index (Phi) is 12.7. The van der Waals surface area contributed by atoms with Gasteiger partial charge in [0.1, 0.15) is 5.78 Å². The molecular weight excluding hydrogens is 368 g/mol. The molecule has 1 rings (SSSR count). The van der Waals surface area contributed by atoms with E-state index in [2.05, 4.69) is 6.92 Å². The van der Waals surface area contributed by atoms with Gasteiger partial charge in [-0.25, -0.2) is 0 Å². The van der Waals surface area contributed by atoms with Crippen molar-refractivity contribution in [2.45, 2.75) is 122 Å². The zero-order chi connectivity index (χ0) is 21.7. The maximum atomic E-state index is 12.5. The number of unbranched alkanes of at least 4 members (excludes halogenated alkanes) is 7. The SMILES string of the molecule is CCCCCCCC(C)(O)CC[C@H]1[C@H](OC)CC(=O)[C@@H]1CCCCCCC(=O)O. The van der Waals surface area contributed by atoms with Crippen LogP contribution in [-0.4, -0.2) is 40.8 Å². The number of carbonyl (C=O) groups is 2. The Bertz CT molecular complexity index is 474. The molecule has 5 nitrogen and oxygen atoms in total. The average Bonchev–Trinajstić information content (AvgIpc) is 2.97. The molecule has 0 amide bonds. The molecule has 0 radical (unpaired) electrons. The molecule has 0 aromatic rings. The Morgan fingerprint density at radius 1 is 1.03 bits per heavy atom. The second-order valence-electron chi connectivity index (χ2n) is 9.26. The van der Waals surface area contributed by atoms with Crippen LogP contribution < -0.4 is 0 Å². The number of aliphatic carboxylic acids is 1. The molecule has 0 heterocycles. The van der Waals surface area contributed by atoms with E-state index < -0.39 is 11.6 Å². The fourth-order valence-corrected chi connectivity index (χ4v) is 4.73. The average molecular weight is 413 g/mol. The lowest BCUT2D eigenvalue weighted by Crippen LogP contribution is -2.29. The summed E-state index contributed by atoms with van der Waals surface area (Å²) in [5, 5.41) is 19.5. The minimum absolute atomic E-state index is 0.0276. The first-order chi connectivity index (χ1) is 13.8. The quantitative estimate of drug-likeness (QED) is 0.307. The molecule has 2 N–H and O–H groups in total. The van der Waals surface area contributed by atoms with Gasteiger partial charge < -0.3 is 14.9 Å². The summed E-state index contributed by atoms with van der Waals surface area (Å²) in [4.78, 5) is 23.1. The highest BCUT2D eigenvalue weighted by Crippen LogP contribution is 2.39. The molecule has 1 aliphatic carbocycles. The van der Waals surface area contributed by atoms with Crippen molar-refractivity contribution in [3.8, 4) is 0 Å². The Labute approximate surface area is 177 Å². The molecular formula is C24H44O5. The van der Waals surface area contributed by atoms with Crippen LogP contribution in [0.3, 0.4) is 0 Å². The summed E-state index contributed by atoms with van der Waals surface area (Å²) in [5.41, 5.74) is -0.669. The van der Waals surface area contributed by atoms with Crippen molar-refractivity contribution in [2.24, 2.45) is 11.8 Å². The monoisotopic (exact) mass is 412 g/mol. The highest BCUT2D eigenvalue weighted by Gasteiger charge is 2.42. The predicted molar refractivity (Wildman–Crippen MR) is 116 cm³/mol. The van der Waals surface area contributed by atoms with E-state index in [0.29, 0.717) is 25.0 Å². The number of ketones is 1. The van der Waals surface area contributed by atoms with Crippen LogP contribution in [0, 0.1) is 11.8 Å². The van der Waals surface area contributed by atoms with Gasteiger partial charge in [0.05, 0.1) is 11.7 Å². The van der Waals surface area contributed by atoms with Crippen molar-refractivity contribution in [1.82, 2.24) is 0 Å². The normalized spacial score (nSPS) is 24.0. The van der Waals surface area contributed by atoms with Gasteiger partial charge in [-0.3, -0.25) is 9.59 Å². The smallest absolute Gasteiger partial charge is 0.303 e. The van der Waals surface area contributed by atoms with Crippen molar-refractivity contribution in [1.29, 1.82) is 0 Å². The van der Waals surface area contributed by atoms with Crippen LogP contribution in [0.2, 0.25) is 0 Å². The van der Waals surface area contributed by atoms with Crippen LogP contribution in [0.5, 0.6) is 0 Å². The number of carboxylic acids is 1. The third kappa shape index (κ3) is 10.6. The summed E-state index contributed by atoms with van der Waals surface area (Å²) < 4.78 is 5.62. The zero-order valence-corrected chi connectivity index (χ0v) is 19.0. The van der Waals surface area contributed by atoms with Crippen molar-refractivity contribution in [2.75, 3.05) is 7.11 Å². The van der Waals surface area contributed by atoms with E-state index >= 15 is 0 Å². The van der Waals surface area contributed by atoms with Gasteiger partial charge in [0.2, 0.25) is 0 Å². The number of aliphatic hydroxyl groups is 1. The molecule has 0 aliphatic heterocycles. The molecule has 5 heteroatoms. The van der Waals surface area contributed by atoms with Gasteiger partial charge in [0.25, 0.3) is 0 Å². The summed E-state index contributed by atoms with van der Waals surface area (Å²) in [6.07, 6.45) is 13.4. The molecule has 0 spiro atoms. The van der Waals surface area contributed by atoms with Crippen molar-refractivity contribution in [3.05, 3.63) is 0 Å². The molecule has 0 aromatic heterocycles. The van der Waals surface area contributed by atoms with Crippen molar-refractivity contribution in [3.63, 3.8) is 0 Å². The molecule has 0 aromatic carbocycles. The maximum absolute atomic E-state index is 12.5. The number of hydrogen-bond acceptors (Lipinski definition) is 4. The fraction of sp³-hybridized carbons (Fsp3) is 0.917. The first-order valence-electron chi connectivity index (χ1n) is 11.8. The Balaban J connectivity index is 2.43. The zero-order valence-electron chi connectivity index (χ0n) is 19.0. The molecule has 4 atom stereocenters. The van der Waals surface area contributed by atoms with E-state index in [1.54, 1.807) is 7.11 Å². The van der Waals surface area contributed by atoms with Crippen LogP contribution in [0.25, 0.3) is 0 Å². The van der Waals surface area contributed by atoms with Gasteiger partial charge in [-0.1, -0.05) is 58.3 Å². The van der Waals surface area contributed by atoms with Crippen molar-refractivity contribution >= 4 is 11.8 Å². The lowest BCUT2D eigenvalue weighted by Gasteiger charge is -2.29. The van der Waals surface area contributed by atoms with E-state index in [4.69, 9.17) is 9.84 Å². The number of hydrogen-bond donors (Lipinski definition) is 2. The van der Waals surface area contributed by atoms with Crippen molar-refractivity contribution < 1.29 is 24.5 Å². The first kappa shape index (κ1) is 26.1. The molecule has 1 unspecified atom stereocenters. The second-order valence-corrected chi connectivity index (χ2v) is 9.26. The second kappa shape index (κ2) is 14.1. The summed E-state index contributed by atoms with van der Waals surface area (Å²) in [6, 6.07) is 0. The topological polar surface area (TPSA) is 83.8 Å². The van der Waals surface area contributed by atoms with Gasteiger partial charge in [-0.2, -0.15) is 0 Å². The highest BCUT2D eigenvalue weighted by molar-refractivity contribution is 5.84. The fourth-order valence-electron chi connectivity index (χ4n) is 4.73. The summed E-state index contributed by atoms with van der Waals surface area (Å²) in [6.45, 7) is 4.14. The number of Topliss-reactive ketones (excluding diaryl/α,β-unsaturated/α-hetero) is 1.